The number of hydrogen-bond donors (Lipinski definition) is 3. The fourth-order valence-electron chi connectivity index (χ4n) is 1.29. The molecule has 3 aromatic heterocycles. The third-order valence-corrected chi connectivity index (χ3v) is 2.20. The Morgan fingerprint density at radius 3 is 2.48 bits per heavy atom. The fourth-order valence-corrected chi connectivity index (χ4v) is 1.29. The number of fused-ring (bicyclic) bond motifs is 1. The van der Waals surface area contributed by atoms with Gasteiger partial charge in [0.1, 0.15) is 11.8 Å². The van der Waals surface area contributed by atoms with Crippen molar-refractivity contribution in [1.29, 1.82) is 0 Å². The Kier molecular flexibility index (Phi) is 9.34. The van der Waals surface area contributed by atoms with Crippen LogP contribution in [0, 0.1) is 0 Å². The number of nitrogens with two attached hydrogens (primary N) is 2. The van der Waals surface area contributed by atoms with Crippen LogP contribution in [0.2, 0.25) is 0 Å². The zero-order valence-corrected chi connectivity index (χ0v) is 15.8. The molecule has 0 atom stereocenters. The first-order valence-electron chi connectivity index (χ1n) is 5.28. The number of rotatable bonds is 1. The van der Waals surface area contributed by atoms with E-state index in [0.29, 0.717) is 22.5 Å². The Hall–Kier alpha value is -1.03. The average molecular weight is 303 g/mol. The Balaban J connectivity index is 0.000000350. The molecule has 5 N–H and O–H groups in total. The van der Waals surface area contributed by atoms with E-state index in [1.54, 1.807) is 18.3 Å². The Morgan fingerprint density at radius 2 is 1.95 bits per heavy atom. The fraction of sp³-hybridized carbons (Fsp3) is 0. The van der Waals surface area contributed by atoms with E-state index in [1.165, 1.54) is 18.9 Å². The maximum atomic E-state index is 10.4. The molecule has 3 rings (SSSR count). The van der Waals surface area contributed by atoms with Crippen molar-refractivity contribution >= 4 is 82.0 Å². The molecule has 0 unspecified atom stereocenters. The molecule has 0 fully saturated rings. The number of nitrogens with one attached hydrogen (secondary N) is 1. The number of pyridine rings is 1. The van der Waals surface area contributed by atoms with Crippen molar-refractivity contribution in [2.45, 2.75) is 0 Å². The zero-order valence-electron chi connectivity index (χ0n) is 11.8. The molecule has 98 valence electrons. The normalized spacial score (nSPS) is 8.76. The third kappa shape index (κ3) is 5.70. The second kappa shape index (κ2) is 9.82. The van der Waals surface area contributed by atoms with Gasteiger partial charge >= 0.3 is 0 Å². The number of aromatic amines is 1. The molecule has 3 heterocycles. The molecule has 10 heteroatoms. The van der Waals surface area contributed by atoms with Crippen LogP contribution < -0.4 is 11.5 Å². The first-order valence-corrected chi connectivity index (χ1v) is 5.28. The number of aromatic nitrogens is 5. The minimum Gasteiger partial charge on any atom is -0.382 e. The summed E-state index contributed by atoms with van der Waals surface area (Å²) in [5, 5.41) is 0. The number of nitrogen functional groups attached to an aromatic ring is 1. The van der Waals surface area contributed by atoms with E-state index in [4.69, 9.17) is 11.5 Å². The van der Waals surface area contributed by atoms with E-state index in [9.17, 15) is 4.79 Å². The number of amides is 1. The van der Waals surface area contributed by atoms with Crippen LogP contribution in [0.4, 0.5) is 5.82 Å². The van der Waals surface area contributed by atoms with E-state index in [0.717, 1.165) is 0 Å². The van der Waals surface area contributed by atoms with Crippen molar-refractivity contribution in [1.82, 2.24) is 24.9 Å². The van der Waals surface area contributed by atoms with Crippen LogP contribution >= 0.6 is 0 Å². The van der Waals surface area contributed by atoms with Gasteiger partial charge in [-0.1, -0.05) is 0 Å². The second-order valence-corrected chi connectivity index (χ2v) is 3.47. The largest absolute Gasteiger partial charge is 0.382 e. The van der Waals surface area contributed by atoms with Crippen LogP contribution in [0.15, 0.2) is 37.2 Å². The maximum absolute atomic E-state index is 10.4. The molecular formula is C11H11N7Na2O. The molecule has 21 heavy (non-hydrogen) atoms. The van der Waals surface area contributed by atoms with Crippen molar-refractivity contribution < 1.29 is 4.79 Å². The van der Waals surface area contributed by atoms with Gasteiger partial charge in [-0.2, -0.15) is 0 Å². The molecule has 1 amide bonds. The number of primary amides is 1. The predicted molar refractivity (Wildman–Crippen MR) is 80.4 cm³/mol. The summed E-state index contributed by atoms with van der Waals surface area (Å²) in [6.45, 7) is 0. The minimum atomic E-state index is -0.442. The minimum absolute atomic E-state index is 0. The summed E-state index contributed by atoms with van der Waals surface area (Å²) in [6.07, 6.45) is 5.95. The summed E-state index contributed by atoms with van der Waals surface area (Å²) in [4.78, 5) is 28.5. The van der Waals surface area contributed by atoms with E-state index in [2.05, 4.69) is 24.9 Å². The average Bonchev–Trinajstić information content (AvgIpc) is 2.90. The molecule has 0 saturated heterocycles. The maximum Gasteiger partial charge on any atom is 0.250 e. The Bertz CT molecular complexity index is 689. The van der Waals surface area contributed by atoms with Gasteiger partial charge in [-0.05, 0) is 12.1 Å². The smallest absolute Gasteiger partial charge is 0.250 e. The van der Waals surface area contributed by atoms with Gasteiger partial charge in [0.25, 0.3) is 0 Å². The molecule has 0 aromatic carbocycles. The summed E-state index contributed by atoms with van der Waals surface area (Å²) in [5.41, 5.74) is 12.2. The number of nitrogens with zero attached hydrogens (tertiary/aromatic N) is 4. The van der Waals surface area contributed by atoms with Crippen LogP contribution in [0.3, 0.4) is 0 Å². The first kappa shape index (κ1) is 20.0. The van der Waals surface area contributed by atoms with Gasteiger partial charge in [-0.3, -0.25) is 9.78 Å². The van der Waals surface area contributed by atoms with Gasteiger partial charge in [-0.15, -0.1) is 0 Å². The number of carbonyl (C=O) groups excluding carboxylic acids is 1. The molecule has 0 aliphatic carbocycles. The van der Waals surface area contributed by atoms with Gasteiger partial charge in [0.15, 0.2) is 11.5 Å². The Morgan fingerprint density at radius 1 is 1.19 bits per heavy atom. The quantitative estimate of drug-likeness (QED) is 0.511. The van der Waals surface area contributed by atoms with Crippen LogP contribution in [0.5, 0.6) is 0 Å². The van der Waals surface area contributed by atoms with E-state index in [-0.39, 0.29) is 59.1 Å². The summed E-state index contributed by atoms with van der Waals surface area (Å²) in [5.74, 6) is -0.00870. The zero-order chi connectivity index (χ0) is 13.7. The molecule has 8 nitrogen and oxygen atoms in total. The van der Waals surface area contributed by atoms with E-state index in [1.807, 2.05) is 0 Å². The van der Waals surface area contributed by atoms with Crippen LogP contribution in [0.25, 0.3) is 11.2 Å². The first-order chi connectivity index (χ1) is 9.18. The monoisotopic (exact) mass is 303 g/mol. The molecule has 3 aromatic rings. The second-order valence-electron chi connectivity index (χ2n) is 3.47. The molecule has 2 radical (unpaired) electrons. The third-order valence-electron chi connectivity index (χ3n) is 2.20. The SMILES string of the molecule is NC(=O)c1cccnc1.Nc1ncnc2nc[nH]c12.[Na].[Na]. The molecule has 0 bridgehead atoms. The number of hydrogen-bond acceptors (Lipinski definition) is 6. The topological polar surface area (TPSA) is 136 Å². The number of imidazole rings is 1. The molecule has 0 spiro atoms. The molecule has 0 aliphatic heterocycles. The van der Waals surface area contributed by atoms with Crippen LogP contribution in [-0.2, 0) is 0 Å². The van der Waals surface area contributed by atoms with Gasteiger partial charge in [0.05, 0.1) is 11.9 Å². The van der Waals surface area contributed by atoms with Gasteiger partial charge in [0, 0.05) is 71.5 Å². The summed E-state index contributed by atoms with van der Waals surface area (Å²) < 4.78 is 0. The van der Waals surface area contributed by atoms with Crippen molar-refractivity contribution in [3.63, 3.8) is 0 Å². The number of carbonyl (C=O) groups is 1. The van der Waals surface area contributed by atoms with Gasteiger partial charge in [0.2, 0.25) is 5.91 Å². The summed E-state index contributed by atoms with van der Waals surface area (Å²) >= 11 is 0. The molecule has 0 aliphatic rings. The van der Waals surface area contributed by atoms with E-state index >= 15 is 0 Å². The van der Waals surface area contributed by atoms with Crippen LogP contribution in [-0.4, -0.2) is 89.9 Å². The van der Waals surface area contributed by atoms with Crippen molar-refractivity contribution in [3.05, 3.63) is 42.7 Å². The summed E-state index contributed by atoms with van der Waals surface area (Å²) in [6, 6.07) is 3.29. The standard InChI is InChI=1S/C6H6N2O.C5H5N5.2Na/c7-6(9)5-2-1-3-8-4-5;6-4-3-5(9-1-7-3)10-2-8-4;;/h1-4H,(H2,7,9);1-2H,(H3,6,7,8,9,10);;. The van der Waals surface area contributed by atoms with Gasteiger partial charge in [-0.25, -0.2) is 15.0 Å². The van der Waals surface area contributed by atoms with Crippen LogP contribution in [0.1, 0.15) is 10.4 Å². The van der Waals surface area contributed by atoms with E-state index < -0.39 is 5.91 Å². The van der Waals surface area contributed by atoms with Crippen molar-refractivity contribution in [3.8, 4) is 0 Å². The molecular weight excluding hydrogens is 292 g/mol. The predicted octanol–water partition coefficient (Wildman–Crippen LogP) is -0.646. The molecule has 0 saturated carbocycles. The Labute approximate surface area is 164 Å². The number of H-pyrrole nitrogens is 1. The van der Waals surface area contributed by atoms with Crippen molar-refractivity contribution in [2.75, 3.05) is 5.73 Å². The van der Waals surface area contributed by atoms with Gasteiger partial charge < -0.3 is 16.5 Å². The summed E-state index contributed by atoms with van der Waals surface area (Å²) in [7, 11) is 0. The number of anilines is 1. The van der Waals surface area contributed by atoms with Crippen molar-refractivity contribution in [2.24, 2.45) is 5.73 Å².